The summed E-state index contributed by atoms with van der Waals surface area (Å²) in [7, 11) is 0. The topological polar surface area (TPSA) is 68.1 Å². The maximum Gasteiger partial charge on any atom is 0.267 e. The molecular weight excluding hydrogens is 372 g/mol. The van der Waals surface area contributed by atoms with Crippen LogP contribution >= 0.6 is 11.8 Å². The van der Waals surface area contributed by atoms with Crippen LogP contribution in [-0.2, 0) is 4.79 Å². The molecule has 1 aliphatic heterocycles. The Balaban J connectivity index is 1.80. The monoisotopic (exact) mass is 394 g/mol. The molecule has 0 bridgehead atoms. The number of aryl methyl sites for hydroxylation is 1. The minimum absolute atomic E-state index is 0.0914. The number of carbonyl (C=O) groups excluding carboxylic acids is 1. The number of likely N-dealkylation sites (tertiary alicyclic amines) is 1. The molecule has 0 N–H and O–H groups in total. The van der Waals surface area contributed by atoms with Crippen molar-refractivity contribution in [3.05, 3.63) is 58.5 Å². The lowest BCUT2D eigenvalue weighted by molar-refractivity contribution is -0.129. The molecule has 144 valence electrons. The SMILES string of the molecule is Cc1ccnc(-n2c(SC(C)C(=O)N3CCCC3)nc3ccccc3c2=O)c1. The van der Waals surface area contributed by atoms with Crippen molar-refractivity contribution in [2.45, 2.75) is 37.1 Å². The van der Waals surface area contributed by atoms with Gasteiger partial charge in [-0.25, -0.2) is 14.5 Å². The molecule has 0 saturated carbocycles. The molecule has 7 heteroatoms. The van der Waals surface area contributed by atoms with Crippen molar-refractivity contribution < 1.29 is 4.79 Å². The fourth-order valence-corrected chi connectivity index (χ4v) is 4.44. The Hall–Kier alpha value is -2.67. The first kappa shape index (κ1) is 18.7. The minimum Gasteiger partial charge on any atom is -0.342 e. The van der Waals surface area contributed by atoms with E-state index in [4.69, 9.17) is 4.98 Å². The number of hydrogen-bond acceptors (Lipinski definition) is 5. The third kappa shape index (κ3) is 3.54. The van der Waals surface area contributed by atoms with E-state index in [0.717, 1.165) is 31.5 Å². The van der Waals surface area contributed by atoms with E-state index in [2.05, 4.69) is 4.98 Å². The van der Waals surface area contributed by atoms with Gasteiger partial charge >= 0.3 is 0 Å². The molecule has 0 radical (unpaired) electrons. The highest BCUT2D eigenvalue weighted by molar-refractivity contribution is 8.00. The summed E-state index contributed by atoms with van der Waals surface area (Å²) in [5.74, 6) is 0.611. The summed E-state index contributed by atoms with van der Waals surface area (Å²) in [6.07, 6.45) is 3.78. The molecule has 1 amide bonds. The van der Waals surface area contributed by atoms with Gasteiger partial charge in [-0.05, 0) is 56.5 Å². The first-order chi connectivity index (χ1) is 13.5. The third-order valence-electron chi connectivity index (χ3n) is 4.92. The van der Waals surface area contributed by atoms with Gasteiger partial charge in [0.2, 0.25) is 5.91 Å². The van der Waals surface area contributed by atoms with E-state index in [1.54, 1.807) is 12.3 Å². The Morgan fingerprint density at radius 3 is 2.68 bits per heavy atom. The summed E-state index contributed by atoms with van der Waals surface area (Å²) in [6, 6.07) is 11.0. The number of fused-ring (bicyclic) bond motifs is 1. The molecule has 1 saturated heterocycles. The molecule has 28 heavy (non-hydrogen) atoms. The molecule has 0 aliphatic carbocycles. The Labute approximate surface area is 167 Å². The Morgan fingerprint density at radius 2 is 1.93 bits per heavy atom. The van der Waals surface area contributed by atoms with E-state index >= 15 is 0 Å². The highest BCUT2D eigenvalue weighted by Crippen LogP contribution is 2.26. The minimum atomic E-state index is -0.331. The number of nitrogens with zero attached hydrogens (tertiary/aromatic N) is 4. The van der Waals surface area contributed by atoms with Gasteiger partial charge in [-0.1, -0.05) is 23.9 Å². The maximum absolute atomic E-state index is 13.2. The number of para-hydroxylation sites is 1. The number of amides is 1. The zero-order valence-electron chi connectivity index (χ0n) is 16.0. The maximum atomic E-state index is 13.2. The van der Waals surface area contributed by atoms with E-state index < -0.39 is 0 Å². The van der Waals surface area contributed by atoms with Crippen LogP contribution in [0, 0.1) is 6.92 Å². The standard InChI is InChI=1S/C21H22N4O2S/c1-14-9-10-22-18(13-14)25-20(27)16-7-3-4-8-17(16)23-21(25)28-15(2)19(26)24-11-5-6-12-24/h3-4,7-10,13,15H,5-6,11-12H2,1-2H3. The quantitative estimate of drug-likeness (QED) is 0.502. The number of carbonyl (C=O) groups is 1. The second-order valence-corrected chi connectivity index (χ2v) is 8.34. The molecule has 1 fully saturated rings. The van der Waals surface area contributed by atoms with E-state index in [0.29, 0.717) is 21.9 Å². The average molecular weight is 395 g/mol. The summed E-state index contributed by atoms with van der Waals surface area (Å²) in [5, 5.41) is 0.692. The second kappa shape index (κ2) is 7.75. The highest BCUT2D eigenvalue weighted by atomic mass is 32.2. The lowest BCUT2D eigenvalue weighted by atomic mass is 10.2. The van der Waals surface area contributed by atoms with Gasteiger partial charge in [0.05, 0.1) is 16.2 Å². The van der Waals surface area contributed by atoms with Gasteiger partial charge in [0.25, 0.3) is 5.56 Å². The number of pyridine rings is 1. The number of benzene rings is 1. The Morgan fingerprint density at radius 1 is 1.18 bits per heavy atom. The van der Waals surface area contributed by atoms with Crippen molar-refractivity contribution in [3.63, 3.8) is 0 Å². The van der Waals surface area contributed by atoms with Gasteiger partial charge in [-0.15, -0.1) is 0 Å². The van der Waals surface area contributed by atoms with Crippen LogP contribution in [0.25, 0.3) is 16.7 Å². The van der Waals surface area contributed by atoms with Crippen LogP contribution in [0.4, 0.5) is 0 Å². The van der Waals surface area contributed by atoms with Crippen LogP contribution in [0.2, 0.25) is 0 Å². The summed E-state index contributed by atoms with van der Waals surface area (Å²) < 4.78 is 1.52. The molecule has 4 rings (SSSR count). The first-order valence-electron chi connectivity index (χ1n) is 9.45. The van der Waals surface area contributed by atoms with Gasteiger partial charge < -0.3 is 4.90 Å². The van der Waals surface area contributed by atoms with Crippen LogP contribution in [0.1, 0.15) is 25.3 Å². The van der Waals surface area contributed by atoms with E-state index in [1.807, 2.05) is 49.1 Å². The molecule has 1 aliphatic rings. The van der Waals surface area contributed by atoms with Crippen molar-refractivity contribution >= 4 is 28.6 Å². The summed E-state index contributed by atoms with van der Waals surface area (Å²) in [6.45, 7) is 5.44. The number of hydrogen-bond donors (Lipinski definition) is 0. The summed E-state index contributed by atoms with van der Waals surface area (Å²) in [5.41, 5.74) is 1.45. The fourth-order valence-electron chi connectivity index (χ4n) is 3.44. The Bertz CT molecular complexity index is 1090. The van der Waals surface area contributed by atoms with Gasteiger partial charge in [-0.3, -0.25) is 9.59 Å². The van der Waals surface area contributed by atoms with Gasteiger partial charge in [0.15, 0.2) is 5.16 Å². The molecule has 3 heterocycles. The highest BCUT2D eigenvalue weighted by Gasteiger charge is 2.26. The van der Waals surface area contributed by atoms with Crippen LogP contribution in [0.3, 0.4) is 0 Å². The zero-order chi connectivity index (χ0) is 19.7. The molecule has 0 spiro atoms. The van der Waals surface area contributed by atoms with E-state index in [-0.39, 0.29) is 16.7 Å². The number of aromatic nitrogens is 3. The second-order valence-electron chi connectivity index (χ2n) is 7.04. The van der Waals surface area contributed by atoms with Crippen LogP contribution in [0.5, 0.6) is 0 Å². The first-order valence-corrected chi connectivity index (χ1v) is 10.3. The van der Waals surface area contributed by atoms with Crippen molar-refractivity contribution in [2.75, 3.05) is 13.1 Å². The van der Waals surface area contributed by atoms with Crippen molar-refractivity contribution in [1.29, 1.82) is 0 Å². The van der Waals surface area contributed by atoms with E-state index in [9.17, 15) is 9.59 Å². The van der Waals surface area contributed by atoms with Crippen LogP contribution in [-0.4, -0.2) is 43.7 Å². The lowest BCUT2D eigenvalue weighted by Gasteiger charge is -2.21. The van der Waals surface area contributed by atoms with Gasteiger partial charge in [0.1, 0.15) is 5.82 Å². The summed E-state index contributed by atoms with van der Waals surface area (Å²) >= 11 is 1.32. The lowest BCUT2D eigenvalue weighted by Crippen LogP contribution is -2.34. The van der Waals surface area contributed by atoms with E-state index in [1.165, 1.54) is 16.3 Å². The average Bonchev–Trinajstić information content (AvgIpc) is 3.22. The van der Waals surface area contributed by atoms with Gasteiger partial charge in [0, 0.05) is 19.3 Å². The Kier molecular flexibility index (Phi) is 5.17. The normalized spacial score (nSPS) is 15.1. The van der Waals surface area contributed by atoms with Crippen molar-refractivity contribution in [2.24, 2.45) is 0 Å². The molecule has 1 aromatic carbocycles. The smallest absolute Gasteiger partial charge is 0.267 e. The molecule has 2 aromatic heterocycles. The fraction of sp³-hybridized carbons (Fsp3) is 0.333. The predicted molar refractivity (Wildman–Crippen MR) is 111 cm³/mol. The third-order valence-corrected chi connectivity index (χ3v) is 5.96. The van der Waals surface area contributed by atoms with Crippen molar-refractivity contribution in [3.8, 4) is 5.82 Å². The number of rotatable bonds is 4. The van der Waals surface area contributed by atoms with Crippen LogP contribution in [0.15, 0.2) is 52.5 Å². The molecule has 1 atom stereocenters. The van der Waals surface area contributed by atoms with Gasteiger partial charge in [-0.2, -0.15) is 0 Å². The molecule has 6 nitrogen and oxygen atoms in total. The number of thioether (sulfide) groups is 1. The molecule has 3 aromatic rings. The summed E-state index contributed by atoms with van der Waals surface area (Å²) in [4.78, 5) is 37.0. The largest absolute Gasteiger partial charge is 0.342 e. The van der Waals surface area contributed by atoms with Crippen molar-refractivity contribution in [1.82, 2.24) is 19.4 Å². The zero-order valence-corrected chi connectivity index (χ0v) is 16.8. The van der Waals surface area contributed by atoms with Crippen LogP contribution < -0.4 is 5.56 Å². The molecular formula is C21H22N4O2S. The molecule has 1 unspecified atom stereocenters. The predicted octanol–water partition coefficient (Wildman–Crippen LogP) is 3.19.